The first-order valence-electron chi connectivity index (χ1n) is 5.24. The summed E-state index contributed by atoms with van der Waals surface area (Å²) in [6, 6.07) is 8.20. The largest absolute Gasteiger partial charge is 0.278 e. The van der Waals surface area contributed by atoms with Crippen LogP contribution in [0.4, 0.5) is 11.4 Å². The number of anilines is 1. The number of non-ortho nitro benzene ring substituents is 1. The van der Waals surface area contributed by atoms with E-state index in [1.165, 1.54) is 17.0 Å². The van der Waals surface area contributed by atoms with Crippen molar-refractivity contribution in [3.63, 3.8) is 0 Å². The monoisotopic (exact) mass is 261 g/mol. The molecule has 0 aliphatic heterocycles. The highest BCUT2D eigenvalue weighted by Gasteiger charge is 2.04. The van der Waals surface area contributed by atoms with Gasteiger partial charge in [-0.05, 0) is 24.4 Å². The van der Waals surface area contributed by atoms with Gasteiger partial charge in [0.25, 0.3) is 5.69 Å². The van der Waals surface area contributed by atoms with Crippen molar-refractivity contribution in [2.24, 2.45) is 5.10 Å². The Balaban J connectivity index is 2.06. The average molecular weight is 261 g/mol. The van der Waals surface area contributed by atoms with Gasteiger partial charge in [0, 0.05) is 22.6 Å². The van der Waals surface area contributed by atoms with Gasteiger partial charge in [0.05, 0.1) is 16.8 Å². The summed E-state index contributed by atoms with van der Waals surface area (Å²) in [5.41, 5.74) is 4.45. The van der Waals surface area contributed by atoms with Gasteiger partial charge in [-0.1, -0.05) is 6.07 Å². The number of hydrogen-bond acceptors (Lipinski definition) is 5. The number of nitrogens with zero attached hydrogens (tertiary/aromatic N) is 2. The van der Waals surface area contributed by atoms with E-state index in [0.717, 1.165) is 5.56 Å². The Hall–Kier alpha value is -2.21. The lowest BCUT2D eigenvalue weighted by molar-refractivity contribution is -0.384. The Bertz CT molecular complexity index is 593. The Kier molecular flexibility index (Phi) is 3.69. The summed E-state index contributed by atoms with van der Waals surface area (Å²) in [4.78, 5) is 11.3. The molecule has 92 valence electrons. The topological polar surface area (TPSA) is 67.5 Å². The van der Waals surface area contributed by atoms with Crippen LogP contribution in [0.5, 0.6) is 0 Å². The number of thiophene rings is 1. The van der Waals surface area contributed by atoms with Gasteiger partial charge in [-0.3, -0.25) is 15.5 Å². The fraction of sp³-hybridized carbons (Fsp3) is 0.0833. The van der Waals surface area contributed by atoms with Crippen LogP contribution in [0.25, 0.3) is 0 Å². The normalized spacial score (nSPS) is 10.7. The van der Waals surface area contributed by atoms with E-state index in [1.807, 2.05) is 18.4 Å². The maximum absolute atomic E-state index is 10.6. The van der Waals surface area contributed by atoms with Crippen molar-refractivity contribution < 1.29 is 4.92 Å². The molecule has 1 heterocycles. The van der Waals surface area contributed by atoms with E-state index in [2.05, 4.69) is 10.5 Å². The quantitative estimate of drug-likeness (QED) is 0.521. The molecule has 0 radical (unpaired) electrons. The molecule has 1 aromatic carbocycles. The summed E-state index contributed by atoms with van der Waals surface area (Å²) >= 11 is 1.65. The summed E-state index contributed by atoms with van der Waals surface area (Å²) < 4.78 is 0. The first-order valence-corrected chi connectivity index (χ1v) is 6.12. The van der Waals surface area contributed by atoms with Gasteiger partial charge in [0.2, 0.25) is 0 Å². The fourth-order valence-electron chi connectivity index (χ4n) is 1.39. The predicted molar refractivity (Wildman–Crippen MR) is 73.4 cm³/mol. The molecule has 2 aromatic rings. The van der Waals surface area contributed by atoms with Crippen LogP contribution in [-0.4, -0.2) is 11.1 Å². The highest BCUT2D eigenvalue weighted by atomic mass is 32.1. The number of nitro benzene ring substituents is 1. The van der Waals surface area contributed by atoms with Crippen LogP contribution in [0, 0.1) is 17.0 Å². The van der Waals surface area contributed by atoms with Gasteiger partial charge in [-0.25, -0.2) is 0 Å². The maximum atomic E-state index is 10.6. The lowest BCUT2D eigenvalue weighted by atomic mass is 10.3. The lowest BCUT2D eigenvalue weighted by Crippen LogP contribution is -1.93. The number of nitrogens with one attached hydrogen (secondary N) is 1. The Morgan fingerprint density at radius 3 is 2.94 bits per heavy atom. The second-order valence-electron chi connectivity index (χ2n) is 3.61. The number of aryl methyl sites for hydroxylation is 1. The van der Waals surface area contributed by atoms with Crippen LogP contribution >= 0.6 is 11.3 Å². The Labute approximate surface area is 108 Å². The molecule has 0 aliphatic carbocycles. The van der Waals surface area contributed by atoms with Crippen LogP contribution in [0.15, 0.2) is 40.8 Å². The van der Waals surface area contributed by atoms with E-state index in [4.69, 9.17) is 0 Å². The van der Waals surface area contributed by atoms with E-state index in [0.29, 0.717) is 5.69 Å². The van der Waals surface area contributed by atoms with E-state index < -0.39 is 4.92 Å². The van der Waals surface area contributed by atoms with Crippen LogP contribution < -0.4 is 5.43 Å². The standard InChI is InChI=1S/C12H11N3O2S/c1-9-10(5-6-18-9)8-13-14-11-3-2-4-12(7-11)15(16)17/h2-8,14H,1H3/b13-8+. The first-order chi connectivity index (χ1) is 8.66. The summed E-state index contributed by atoms with van der Waals surface area (Å²) in [5.74, 6) is 0. The molecule has 0 atom stereocenters. The van der Waals surface area contributed by atoms with Crippen molar-refractivity contribution in [3.8, 4) is 0 Å². The van der Waals surface area contributed by atoms with Gasteiger partial charge in [0.15, 0.2) is 0 Å². The first kappa shape index (κ1) is 12.3. The number of hydrazone groups is 1. The van der Waals surface area contributed by atoms with Crippen LogP contribution in [0.2, 0.25) is 0 Å². The molecule has 0 fully saturated rings. The van der Waals surface area contributed by atoms with Crippen molar-refractivity contribution in [3.05, 3.63) is 56.3 Å². The van der Waals surface area contributed by atoms with Gasteiger partial charge in [-0.2, -0.15) is 5.10 Å². The summed E-state index contributed by atoms with van der Waals surface area (Å²) in [5, 5.41) is 16.6. The zero-order chi connectivity index (χ0) is 13.0. The summed E-state index contributed by atoms with van der Waals surface area (Å²) in [6.07, 6.45) is 1.70. The van der Waals surface area contributed by atoms with Gasteiger partial charge >= 0.3 is 0 Å². The molecular formula is C12H11N3O2S. The van der Waals surface area contributed by atoms with Crippen molar-refractivity contribution in [1.82, 2.24) is 0 Å². The third-order valence-electron chi connectivity index (χ3n) is 2.35. The fourth-order valence-corrected chi connectivity index (χ4v) is 2.07. The van der Waals surface area contributed by atoms with Crippen molar-refractivity contribution in [2.75, 3.05) is 5.43 Å². The van der Waals surface area contributed by atoms with Gasteiger partial charge in [-0.15, -0.1) is 11.3 Å². The highest BCUT2D eigenvalue weighted by molar-refractivity contribution is 7.10. The molecule has 5 nitrogen and oxygen atoms in total. The van der Waals surface area contributed by atoms with Crippen LogP contribution in [0.3, 0.4) is 0 Å². The SMILES string of the molecule is Cc1sccc1/C=N/Nc1cccc([N+](=O)[O-])c1. The van der Waals surface area contributed by atoms with E-state index >= 15 is 0 Å². The third kappa shape index (κ3) is 2.92. The second kappa shape index (κ2) is 5.42. The molecule has 0 aliphatic rings. The molecule has 0 saturated carbocycles. The Morgan fingerprint density at radius 1 is 1.44 bits per heavy atom. The molecule has 0 unspecified atom stereocenters. The number of nitro groups is 1. The van der Waals surface area contributed by atoms with Crippen LogP contribution in [-0.2, 0) is 0 Å². The second-order valence-corrected chi connectivity index (χ2v) is 4.73. The maximum Gasteiger partial charge on any atom is 0.271 e. The lowest BCUT2D eigenvalue weighted by Gasteiger charge is -1.99. The molecule has 0 spiro atoms. The minimum Gasteiger partial charge on any atom is -0.278 e. The number of hydrogen-bond donors (Lipinski definition) is 1. The molecule has 6 heteroatoms. The third-order valence-corrected chi connectivity index (χ3v) is 3.21. The van der Waals surface area contributed by atoms with Crippen molar-refractivity contribution in [2.45, 2.75) is 6.92 Å². The summed E-state index contributed by atoms with van der Waals surface area (Å²) in [7, 11) is 0. The van der Waals surface area contributed by atoms with Crippen molar-refractivity contribution >= 4 is 28.9 Å². The van der Waals surface area contributed by atoms with E-state index in [1.54, 1.807) is 29.7 Å². The number of rotatable bonds is 4. The average Bonchev–Trinajstić information content (AvgIpc) is 2.76. The molecule has 2 rings (SSSR count). The Morgan fingerprint density at radius 2 is 2.28 bits per heavy atom. The molecule has 1 N–H and O–H groups in total. The molecule has 0 saturated heterocycles. The zero-order valence-electron chi connectivity index (χ0n) is 9.66. The molecular weight excluding hydrogens is 250 g/mol. The molecule has 0 amide bonds. The van der Waals surface area contributed by atoms with Gasteiger partial charge in [0.1, 0.15) is 0 Å². The van der Waals surface area contributed by atoms with Crippen molar-refractivity contribution in [1.29, 1.82) is 0 Å². The minimum atomic E-state index is -0.433. The molecule has 0 bridgehead atoms. The zero-order valence-corrected chi connectivity index (χ0v) is 10.5. The summed E-state index contributed by atoms with van der Waals surface area (Å²) in [6.45, 7) is 2.01. The minimum absolute atomic E-state index is 0.0434. The van der Waals surface area contributed by atoms with Crippen LogP contribution in [0.1, 0.15) is 10.4 Å². The predicted octanol–water partition coefficient (Wildman–Crippen LogP) is 3.41. The number of benzene rings is 1. The van der Waals surface area contributed by atoms with E-state index in [9.17, 15) is 10.1 Å². The molecule has 1 aromatic heterocycles. The van der Waals surface area contributed by atoms with E-state index in [-0.39, 0.29) is 5.69 Å². The highest BCUT2D eigenvalue weighted by Crippen LogP contribution is 2.17. The van der Waals surface area contributed by atoms with Gasteiger partial charge < -0.3 is 0 Å². The molecule has 18 heavy (non-hydrogen) atoms. The smallest absolute Gasteiger partial charge is 0.271 e.